The Labute approximate surface area is 144 Å². The molecule has 0 aliphatic heterocycles. The molecule has 0 aliphatic carbocycles. The molecule has 0 saturated heterocycles. The number of amides is 1. The van der Waals surface area contributed by atoms with Crippen molar-refractivity contribution < 1.29 is 9.72 Å². The smallest absolute Gasteiger partial charge is 0.273 e. The van der Waals surface area contributed by atoms with Gasteiger partial charge in [0.15, 0.2) is 0 Å². The van der Waals surface area contributed by atoms with E-state index >= 15 is 0 Å². The number of nitrogens with zero attached hydrogens (tertiary/aromatic N) is 2. The molecular weight excluding hydrogens is 326 g/mol. The molecule has 1 N–H and O–H groups in total. The molecule has 1 aromatic carbocycles. The minimum atomic E-state index is -0.480. The van der Waals surface area contributed by atoms with E-state index in [4.69, 9.17) is 0 Å². The molecule has 1 heterocycles. The maximum Gasteiger partial charge on any atom is 0.273 e. The van der Waals surface area contributed by atoms with E-state index in [1.54, 1.807) is 13.0 Å². The van der Waals surface area contributed by atoms with Crippen molar-refractivity contribution in [2.75, 3.05) is 6.26 Å². The average molecular weight is 345 g/mol. The van der Waals surface area contributed by atoms with Crippen LogP contribution in [0.25, 0.3) is 0 Å². The number of hydrogen-bond acceptors (Lipinski definition) is 5. The van der Waals surface area contributed by atoms with Gasteiger partial charge in [-0.05, 0) is 44.7 Å². The number of benzene rings is 1. The van der Waals surface area contributed by atoms with Crippen LogP contribution in [-0.2, 0) is 6.54 Å². The van der Waals surface area contributed by atoms with Gasteiger partial charge in [-0.2, -0.15) is 0 Å². The van der Waals surface area contributed by atoms with E-state index in [9.17, 15) is 14.9 Å². The number of aryl methyl sites for hydroxylation is 2. The van der Waals surface area contributed by atoms with Crippen LogP contribution in [0.5, 0.6) is 0 Å². The van der Waals surface area contributed by atoms with Crippen molar-refractivity contribution in [1.29, 1.82) is 0 Å². The highest BCUT2D eigenvalue weighted by Gasteiger charge is 2.18. The van der Waals surface area contributed by atoms with E-state index in [-0.39, 0.29) is 11.6 Å². The molecule has 0 saturated carbocycles. The standard InChI is InChI=1S/C17H19N3O3S/c1-10-8-11(2)19-17(24-4)14(10)9-18-16(21)13-6-5-7-15(12(13)3)20(22)23/h5-8H,9H2,1-4H3,(H,18,21). The third-order valence-electron chi connectivity index (χ3n) is 3.80. The zero-order valence-corrected chi connectivity index (χ0v) is 14.9. The van der Waals surface area contributed by atoms with Gasteiger partial charge in [0, 0.05) is 35.0 Å². The lowest BCUT2D eigenvalue weighted by atomic mass is 10.1. The van der Waals surface area contributed by atoms with E-state index in [1.165, 1.54) is 23.9 Å². The monoisotopic (exact) mass is 345 g/mol. The first-order valence-electron chi connectivity index (χ1n) is 7.38. The molecular formula is C17H19N3O3S. The summed E-state index contributed by atoms with van der Waals surface area (Å²) in [5, 5.41) is 14.7. The van der Waals surface area contributed by atoms with Gasteiger partial charge in [-0.1, -0.05) is 6.07 Å². The summed E-state index contributed by atoms with van der Waals surface area (Å²) in [5.41, 5.74) is 3.58. The molecule has 1 amide bonds. The highest BCUT2D eigenvalue weighted by molar-refractivity contribution is 7.98. The van der Waals surface area contributed by atoms with Crippen LogP contribution in [0.1, 0.15) is 32.7 Å². The number of aromatic nitrogens is 1. The molecule has 7 heteroatoms. The number of nitro benzene ring substituents is 1. The van der Waals surface area contributed by atoms with Crippen LogP contribution in [0.4, 0.5) is 5.69 Å². The number of nitro groups is 1. The predicted octanol–water partition coefficient (Wildman–Crippen LogP) is 3.57. The fourth-order valence-corrected chi connectivity index (χ4v) is 3.26. The summed E-state index contributed by atoms with van der Waals surface area (Å²) >= 11 is 1.53. The van der Waals surface area contributed by atoms with Gasteiger partial charge >= 0.3 is 0 Å². The normalized spacial score (nSPS) is 10.5. The van der Waals surface area contributed by atoms with E-state index in [0.29, 0.717) is 17.7 Å². The lowest BCUT2D eigenvalue weighted by molar-refractivity contribution is -0.385. The number of pyridine rings is 1. The van der Waals surface area contributed by atoms with Crippen molar-refractivity contribution in [3.63, 3.8) is 0 Å². The fraction of sp³-hybridized carbons (Fsp3) is 0.294. The van der Waals surface area contributed by atoms with Crippen LogP contribution >= 0.6 is 11.8 Å². The molecule has 2 rings (SSSR count). The first-order chi connectivity index (χ1) is 11.3. The van der Waals surface area contributed by atoms with E-state index < -0.39 is 4.92 Å². The zero-order chi connectivity index (χ0) is 17.9. The second-order valence-electron chi connectivity index (χ2n) is 5.46. The third kappa shape index (κ3) is 3.73. The largest absolute Gasteiger partial charge is 0.348 e. The molecule has 0 unspecified atom stereocenters. The summed E-state index contributed by atoms with van der Waals surface area (Å²) in [6.45, 7) is 5.82. The lowest BCUT2D eigenvalue weighted by Gasteiger charge is -2.13. The number of nitrogens with one attached hydrogen (secondary N) is 1. The molecule has 0 fully saturated rings. The quantitative estimate of drug-likeness (QED) is 0.509. The Morgan fingerprint density at radius 1 is 1.33 bits per heavy atom. The fourth-order valence-electron chi connectivity index (χ4n) is 2.54. The Balaban J connectivity index is 2.24. The summed E-state index contributed by atoms with van der Waals surface area (Å²) in [5.74, 6) is -0.330. The van der Waals surface area contributed by atoms with Crippen molar-refractivity contribution in [2.45, 2.75) is 32.3 Å². The van der Waals surface area contributed by atoms with Gasteiger partial charge in [-0.15, -0.1) is 11.8 Å². The van der Waals surface area contributed by atoms with Crippen molar-refractivity contribution in [1.82, 2.24) is 10.3 Å². The van der Waals surface area contributed by atoms with Crippen molar-refractivity contribution in [3.8, 4) is 0 Å². The first-order valence-corrected chi connectivity index (χ1v) is 8.61. The number of carbonyl (C=O) groups excluding carboxylic acids is 1. The van der Waals surface area contributed by atoms with Crippen LogP contribution in [-0.4, -0.2) is 22.1 Å². The minimum absolute atomic E-state index is 0.0550. The molecule has 0 spiro atoms. The summed E-state index contributed by atoms with van der Waals surface area (Å²) in [6, 6.07) is 6.48. The van der Waals surface area contributed by atoms with Crippen LogP contribution < -0.4 is 5.32 Å². The average Bonchev–Trinajstić information content (AvgIpc) is 2.52. The van der Waals surface area contributed by atoms with Crippen LogP contribution in [0.2, 0.25) is 0 Å². The Morgan fingerprint density at radius 3 is 2.67 bits per heavy atom. The van der Waals surface area contributed by atoms with Crippen LogP contribution in [0.15, 0.2) is 29.3 Å². The number of rotatable bonds is 5. The maximum absolute atomic E-state index is 12.4. The van der Waals surface area contributed by atoms with Crippen molar-refractivity contribution in [2.24, 2.45) is 0 Å². The molecule has 6 nitrogen and oxygen atoms in total. The first kappa shape index (κ1) is 17.9. The Bertz CT molecular complexity index is 806. The van der Waals surface area contributed by atoms with Gasteiger partial charge in [-0.25, -0.2) is 4.98 Å². The molecule has 24 heavy (non-hydrogen) atoms. The van der Waals surface area contributed by atoms with Crippen molar-refractivity contribution in [3.05, 3.63) is 62.3 Å². The number of hydrogen-bond donors (Lipinski definition) is 1. The highest BCUT2D eigenvalue weighted by atomic mass is 32.2. The lowest BCUT2D eigenvalue weighted by Crippen LogP contribution is -2.24. The molecule has 0 bridgehead atoms. The van der Waals surface area contributed by atoms with Crippen LogP contribution in [0.3, 0.4) is 0 Å². The summed E-state index contributed by atoms with van der Waals surface area (Å²) in [6.07, 6.45) is 1.94. The molecule has 2 aromatic rings. The topological polar surface area (TPSA) is 85.1 Å². The minimum Gasteiger partial charge on any atom is -0.348 e. The van der Waals surface area contributed by atoms with Crippen LogP contribution in [0, 0.1) is 30.9 Å². The van der Waals surface area contributed by atoms with Gasteiger partial charge < -0.3 is 5.32 Å². The second-order valence-corrected chi connectivity index (χ2v) is 6.25. The van der Waals surface area contributed by atoms with Gasteiger partial charge in [-0.3, -0.25) is 14.9 Å². The predicted molar refractivity (Wildman–Crippen MR) is 94.5 cm³/mol. The molecule has 0 radical (unpaired) electrons. The van der Waals surface area contributed by atoms with E-state index in [0.717, 1.165) is 21.8 Å². The summed E-state index contributed by atoms with van der Waals surface area (Å²) < 4.78 is 0. The van der Waals surface area contributed by atoms with Gasteiger partial charge in [0.25, 0.3) is 11.6 Å². The van der Waals surface area contributed by atoms with Gasteiger partial charge in [0.1, 0.15) is 5.03 Å². The van der Waals surface area contributed by atoms with E-state index in [2.05, 4.69) is 10.3 Å². The number of carbonyl (C=O) groups is 1. The van der Waals surface area contributed by atoms with E-state index in [1.807, 2.05) is 26.2 Å². The molecule has 0 aliphatic rings. The zero-order valence-electron chi connectivity index (χ0n) is 14.0. The third-order valence-corrected chi connectivity index (χ3v) is 4.53. The van der Waals surface area contributed by atoms with Gasteiger partial charge in [0.2, 0.25) is 0 Å². The van der Waals surface area contributed by atoms with Gasteiger partial charge in [0.05, 0.1) is 4.92 Å². The highest BCUT2D eigenvalue weighted by Crippen LogP contribution is 2.23. The molecule has 0 atom stereocenters. The maximum atomic E-state index is 12.4. The SMILES string of the molecule is CSc1nc(C)cc(C)c1CNC(=O)c1cccc([N+](=O)[O-])c1C. The molecule has 1 aromatic heterocycles. The Morgan fingerprint density at radius 2 is 2.04 bits per heavy atom. The summed E-state index contributed by atoms with van der Waals surface area (Å²) in [4.78, 5) is 27.4. The Hall–Kier alpha value is -2.41. The van der Waals surface area contributed by atoms with Crippen molar-refractivity contribution >= 4 is 23.4 Å². The second kappa shape index (κ2) is 7.44. The Kier molecular flexibility index (Phi) is 5.56. The number of thioether (sulfide) groups is 1. The molecule has 126 valence electrons. The summed E-state index contributed by atoms with van der Waals surface area (Å²) in [7, 11) is 0.